The Morgan fingerprint density at radius 3 is 2.25 bits per heavy atom. The van der Waals surface area contributed by atoms with Gasteiger partial charge in [-0.25, -0.2) is 0 Å². The van der Waals surface area contributed by atoms with Crippen LogP contribution in [0.15, 0.2) is 42.5 Å². The van der Waals surface area contributed by atoms with Gasteiger partial charge in [0.1, 0.15) is 23.7 Å². The first-order chi connectivity index (χ1) is 19.1. The maximum atomic E-state index is 13.3. The van der Waals surface area contributed by atoms with Gasteiger partial charge >= 0.3 is 0 Å². The summed E-state index contributed by atoms with van der Waals surface area (Å²) in [5.41, 5.74) is 1.72. The number of hydrogen-bond acceptors (Lipinski definition) is 7. The van der Waals surface area contributed by atoms with Crippen LogP contribution in [0.5, 0.6) is 11.5 Å². The molecule has 2 N–H and O–H groups in total. The largest absolute Gasteiger partial charge is 0.495 e. The molecule has 40 heavy (non-hydrogen) atoms. The minimum absolute atomic E-state index is 0.0630. The number of nitrogens with one attached hydrogen (secondary N) is 2. The monoisotopic (exact) mass is 545 g/mol. The predicted octanol–water partition coefficient (Wildman–Crippen LogP) is 4.05. The summed E-state index contributed by atoms with van der Waals surface area (Å²) in [7, 11) is 1.55. The van der Waals surface area contributed by atoms with E-state index >= 15 is 0 Å². The molecule has 0 radical (unpaired) electrons. The number of benzene rings is 2. The van der Waals surface area contributed by atoms with Gasteiger partial charge in [0.25, 0.3) is 5.91 Å². The summed E-state index contributed by atoms with van der Waals surface area (Å²) in [6.45, 7) is 15.0. The van der Waals surface area contributed by atoms with Crippen LogP contribution in [0.2, 0.25) is 0 Å². The molecule has 0 unspecified atom stereocenters. The highest BCUT2D eigenvalue weighted by Crippen LogP contribution is 2.55. The molecule has 1 aliphatic carbocycles. The Hall–Kier alpha value is -3.28. The summed E-state index contributed by atoms with van der Waals surface area (Å²) < 4.78 is 11.8. The van der Waals surface area contributed by atoms with Crippen molar-refractivity contribution in [3.05, 3.63) is 53.6 Å². The van der Waals surface area contributed by atoms with E-state index in [2.05, 4.69) is 66.3 Å². The van der Waals surface area contributed by atoms with E-state index < -0.39 is 0 Å². The van der Waals surface area contributed by atoms with Crippen LogP contribution in [-0.2, 0) is 0 Å². The summed E-state index contributed by atoms with van der Waals surface area (Å²) in [6, 6.07) is 16.1. The van der Waals surface area contributed by atoms with E-state index in [9.17, 15) is 10.1 Å². The van der Waals surface area contributed by atoms with Crippen molar-refractivity contribution in [3.63, 3.8) is 0 Å². The molecule has 2 aromatic rings. The van der Waals surface area contributed by atoms with Gasteiger partial charge in [0.15, 0.2) is 0 Å². The van der Waals surface area contributed by atoms with Crippen molar-refractivity contribution < 1.29 is 14.3 Å². The second-order valence-corrected chi connectivity index (χ2v) is 12.6. The molecule has 2 heterocycles. The lowest BCUT2D eigenvalue weighted by atomic mass is 9.49. The van der Waals surface area contributed by atoms with E-state index in [1.54, 1.807) is 25.3 Å². The molecule has 2 aromatic carbocycles. The zero-order valence-electron chi connectivity index (χ0n) is 24.5. The van der Waals surface area contributed by atoms with Gasteiger partial charge in [-0.3, -0.25) is 9.69 Å². The zero-order chi connectivity index (χ0) is 28.5. The van der Waals surface area contributed by atoms with Crippen molar-refractivity contribution in [3.8, 4) is 17.6 Å². The molecule has 1 saturated carbocycles. The number of hydrogen-bond donors (Lipinski definition) is 2. The summed E-state index contributed by atoms with van der Waals surface area (Å²) in [5, 5.41) is 16.0. The van der Waals surface area contributed by atoms with E-state index in [1.165, 1.54) is 18.5 Å². The smallest absolute Gasteiger partial charge is 0.251 e. The molecule has 0 atom stereocenters. The fourth-order valence-electron chi connectivity index (χ4n) is 7.33. The van der Waals surface area contributed by atoms with Crippen molar-refractivity contribution >= 4 is 11.6 Å². The minimum Gasteiger partial charge on any atom is -0.495 e. The average molecular weight is 546 g/mol. The Morgan fingerprint density at radius 2 is 1.65 bits per heavy atom. The fraction of sp³-hybridized carbons (Fsp3) is 0.562. The van der Waals surface area contributed by atoms with Crippen LogP contribution in [0.1, 0.15) is 56.5 Å². The molecule has 0 spiro atoms. The number of carbonyl (C=O) groups is 1. The molecule has 8 heteroatoms. The summed E-state index contributed by atoms with van der Waals surface area (Å²) >= 11 is 0. The number of nitrogens with zero attached hydrogens (tertiary/aromatic N) is 3. The molecule has 214 valence electrons. The summed E-state index contributed by atoms with van der Waals surface area (Å²) in [4.78, 5) is 18.4. The molecule has 0 aromatic heterocycles. The number of methoxy groups -OCH3 is 1. The van der Waals surface area contributed by atoms with Crippen LogP contribution in [0.25, 0.3) is 0 Å². The topological polar surface area (TPSA) is 89.9 Å². The number of carbonyl (C=O) groups excluding carboxylic acids is 1. The SMILES string of the molecule is COc1cc(OC2C(C)(C)C(NC(=O)c3ccc(N4CCN(C5CCNCC5)CC4)cc3)C2(C)C)ccc1C#N. The quantitative estimate of drug-likeness (QED) is 0.543. The lowest BCUT2D eigenvalue weighted by Crippen LogP contribution is -2.74. The van der Waals surface area contributed by atoms with Crippen molar-refractivity contribution in [1.82, 2.24) is 15.5 Å². The van der Waals surface area contributed by atoms with Crippen LogP contribution < -0.4 is 25.0 Å². The third-order valence-corrected chi connectivity index (χ3v) is 9.30. The standard InChI is InChI=1S/C32H43N5O3/c1-31(2)29(32(3,4)30(31)40-26-11-8-23(21-33)27(20-26)39-5)35-28(38)22-6-9-24(10-7-22)36-16-18-37(19-17-36)25-12-14-34-15-13-25/h6-11,20,25,29-30,34H,12-19H2,1-5H3,(H,35,38). The van der Waals surface area contributed by atoms with Crippen LogP contribution >= 0.6 is 0 Å². The molecule has 2 aliphatic heterocycles. The number of ether oxygens (including phenoxy) is 2. The molecular formula is C32H43N5O3. The number of anilines is 1. The second-order valence-electron chi connectivity index (χ2n) is 12.6. The zero-order valence-corrected chi connectivity index (χ0v) is 24.5. The highest BCUT2D eigenvalue weighted by atomic mass is 16.5. The van der Waals surface area contributed by atoms with Gasteiger partial charge in [-0.05, 0) is 62.3 Å². The first-order valence-corrected chi connectivity index (χ1v) is 14.5. The summed E-state index contributed by atoms with van der Waals surface area (Å²) in [5.74, 6) is 1.08. The molecule has 0 bridgehead atoms. The van der Waals surface area contributed by atoms with E-state index in [4.69, 9.17) is 9.47 Å². The van der Waals surface area contributed by atoms with Gasteiger partial charge in [-0.1, -0.05) is 27.7 Å². The Labute approximate surface area is 238 Å². The summed E-state index contributed by atoms with van der Waals surface area (Å²) in [6.07, 6.45) is 2.36. The van der Waals surface area contributed by atoms with Crippen LogP contribution in [0.4, 0.5) is 5.69 Å². The fourth-order valence-corrected chi connectivity index (χ4v) is 7.33. The van der Waals surface area contributed by atoms with Crippen molar-refractivity contribution in [1.29, 1.82) is 5.26 Å². The Balaban J connectivity index is 1.18. The van der Waals surface area contributed by atoms with Gasteiger partial charge in [-0.2, -0.15) is 5.26 Å². The molecule has 2 saturated heterocycles. The predicted molar refractivity (Wildman–Crippen MR) is 157 cm³/mol. The Kier molecular flexibility index (Phi) is 7.98. The van der Waals surface area contributed by atoms with Gasteiger partial charge < -0.3 is 25.0 Å². The van der Waals surface area contributed by atoms with Gasteiger partial charge in [-0.15, -0.1) is 0 Å². The second kappa shape index (κ2) is 11.3. The molecule has 8 nitrogen and oxygen atoms in total. The highest BCUT2D eigenvalue weighted by molar-refractivity contribution is 5.95. The van der Waals surface area contributed by atoms with Gasteiger partial charge in [0, 0.05) is 66.4 Å². The van der Waals surface area contributed by atoms with Crippen LogP contribution in [-0.4, -0.2) is 75.4 Å². The van der Waals surface area contributed by atoms with Crippen molar-refractivity contribution in [2.75, 3.05) is 51.3 Å². The highest BCUT2D eigenvalue weighted by Gasteiger charge is 2.64. The van der Waals surface area contributed by atoms with Crippen molar-refractivity contribution in [2.45, 2.75) is 58.7 Å². The van der Waals surface area contributed by atoms with Gasteiger partial charge in [0.2, 0.25) is 0 Å². The van der Waals surface area contributed by atoms with E-state index in [-0.39, 0.29) is 28.9 Å². The minimum atomic E-state index is -0.297. The molecule has 5 rings (SSSR count). The normalized spacial score (nSPS) is 24.4. The first kappa shape index (κ1) is 28.3. The molecule has 3 fully saturated rings. The lowest BCUT2D eigenvalue weighted by molar-refractivity contribution is -0.164. The Morgan fingerprint density at radius 1 is 1.00 bits per heavy atom. The Bertz CT molecular complexity index is 1220. The van der Waals surface area contributed by atoms with E-state index in [1.807, 2.05) is 12.1 Å². The number of piperazine rings is 1. The number of piperidine rings is 1. The molecule has 1 amide bonds. The molecular weight excluding hydrogens is 502 g/mol. The maximum absolute atomic E-state index is 13.3. The third-order valence-electron chi connectivity index (χ3n) is 9.30. The van der Waals surface area contributed by atoms with Crippen molar-refractivity contribution in [2.24, 2.45) is 10.8 Å². The third kappa shape index (κ3) is 5.37. The molecule has 3 aliphatic rings. The first-order valence-electron chi connectivity index (χ1n) is 14.5. The maximum Gasteiger partial charge on any atom is 0.251 e. The van der Waals surface area contributed by atoms with E-state index in [0.717, 1.165) is 39.3 Å². The van der Waals surface area contributed by atoms with Crippen LogP contribution in [0.3, 0.4) is 0 Å². The number of rotatable bonds is 7. The number of amides is 1. The van der Waals surface area contributed by atoms with E-state index in [0.29, 0.717) is 28.7 Å². The number of nitriles is 1. The van der Waals surface area contributed by atoms with Gasteiger partial charge in [0.05, 0.1) is 12.7 Å². The lowest BCUT2D eigenvalue weighted by Gasteiger charge is -2.63. The average Bonchev–Trinajstić information content (AvgIpc) is 2.98. The van der Waals surface area contributed by atoms with Crippen LogP contribution in [0, 0.1) is 22.2 Å².